The van der Waals surface area contributed by atoms with E-state index in [1.165, 1.54) is 11.5 Å². The standard InChI is InChI=1S/C9H13ClN4OS/c1-11-9(15)7-3-2-4-14(7)5-6-8(10)16-13-12-6/h7H,2-5H2,1H3,(H,11,15). The summed E-state index contributed by atoms with van der Waals surface area (Å²) in [6.45, 7) is 1.51. The topological polar surface area (TPSA) is 58.1 Å². The van der Waals surface area contributed by atoms with Crippen LogP contribution in [-0.2, 0) is 11.3 Å². The Morgan fingerprint density at radius 1 is 1.75 bits per heavy atom. The fourth-order valence-electron chi connectivity index (χ4n) is 1.96. The number of halogens is 1. The monoisotopic (exact) mass is 260 g/mol. The van der Waals surface area contributed by atoms with E-state index in [0.29, 0.717) is 10.9 Å². The Morgan fingerprint density at radius 2 is 2.56 bits per heavy atom. The van der Waals surface area contributed by atoms with Crippen LogP contribution in [0.25, 0.3) is 0 Å². The highest BCUT2D eigenvalue weighted by Crippen LogP contribution is 2.24. The summed E-state index contributed by atoms with van der Waals surface area (Å²) in [5.74, 6) is 0.0665. The van der Waals surface area contributed by atoms with Crippen LogP contribution in [-0.4, -0.2) is 40.0 Å². The molecular formula is C9H13ClN4OS. The van der Waals surface area contributed by atoms with Gasteiger partial charge in [0.05, 0.1) is 6.04 Å². The third kappa shape index (κ3) is 2.34. The van der Waals surface area contributed by atoms with Crippen LogP contribution in [0, 0.1) is 0 Å². The molecular weight excluding hydrogens is 248 g/mol. The predicted molar refractivity (Wildman–Crippen MR) is 62.4 cm³/mol. The lowest BCUT2D eigenvalue weighted by Gasteiger charge is -2.21. The SMILES string of the molecule is CNC(=O)C1CCCN1Cc1nnsc1Cl. The van der Waals surface area contributed by atoms with E-state index >= 15 is 0 Å². The number of likely N-dealkylation sites (tertiary alicyclic amines) is 1. The first-order chi connectivity index (χ1) is 7.72. The number of rotatable bonds is 3. The van der Waals surface area contributed by atoms with Gasteiger partial charge in [0, 0.05) is 25.1 Å². The zero-order valence-electron chi connectivity index (χ0n) is 8.94. The summed E-state index contributed by atoms with van der Waals surface area (Å²) >= 11 is 7.13. The van der Waals surface area contributed by atoms with Crippen molar-refractivity contribution in [3.8, 4) is 0 Å². The molecule has 1 aliphatic rings. The molecule has 1 aliphatic heterocycles. The Kier molecular flexibility index (Phi) is 3.73. The molecule has 1 amide bonds. The number of amides is 1. The van der Waals surface area contributed by atoms with Crippen molar-refractivity contribution < 1.29 is 4.79 Å². The molecule has 1 aromatic heterocycles. The fraction of sp³-hybridized carbons (Fsp3) is 0.667. The molecule has 0 aromatic carbocycles. The van der Waals surface area contributed by atoms with Crippen LogP contribution in [0.1, 0.15) is 18.5 Å². The summed E-state index contributed by atoms with van der Waals surface area (Å²) in [5.41, 5.74) is 0.766. The third-order valence-corrected chi connectivity index (χ3v) is 3.76. The second-order valence-electron chi connectivity index (χ2n) is 3.74. The van der Waals surface area contributed by atoms with E-state index in [0.717, 1.165) is 25.1 Å². The fourth-order valence-corrected chi connectivity index (χ4v) is 2.57. The zero-order valence-corrected chi connectivity index (χ0v) is 10.5. The molecule has 5 nitrogen and oxygen atoms in total. The lowest BCUT2D eigenvalue weighted by molar-refractivity contribution is -0.125. The lowest BCUT2D eigenvalue weighted by atomic mass is 10.2. The molecule has 1 aromatic rings. The highest BCUT2D eigenvalue weighted by molar-refractivity contribution is 7.10. The van der Waals surface area contributed by atoms with Crippen molar-refractivity contribution in [3.63, 3.8) is 0 Å². The molecule has 0 aliphatic carbocycles. The van der Waals surface area contributed by atoms with E-state index in [2.05, 4.69) is 19.8 Å². The van der Waals surface area contributed by atoms with Crippen molar-refractivity contribution in [1.82, 2.24) is 19.8 Å². The molecule has 1 atom stereocenters. The number of carbonyl (C=O) groups excluding carboxylic acids is 1. The first-order valence-electron chi connectivity index (χ1n) is 5.14. The van der Waals surface area contributed by atoms with Gasteiger partial charge in [-0.25, -0.2) is 0 Å². The van der Waals surface area contributed by atoms with Crippen LogP contribution in [0.3, 0.4) is 0 Å². The minimum atomic E-state index is -0.0530. The van der Waals surface area contributed by atoms with Crippen LogP contribution >= 0.6 is 23.1 Å². The number of nitrogens with one attached hydrogen (secondary N) is 1. The van der Waals surface area contributed by atoms with Gasteiger partial charge in [0.2, 0.25) is 5.91 Å². The molecule has 7 heteroatoms. The minimum Gasteiger partial charge on any atom is -0.358 e. The minimum absolute atomic E-state index is 0.0530. The van der Waals surface area contributed by atoms with Gasteiger partial charge in [-0.1, -0.05) is 16.1 Å². The van der Waals surface area contributed by atoms with Gasteiger partial charge in [0.1, 0.15) is 10.0 Å². The number of carbonyl (C=O) groups is 1. The summed E-state index contributed by atoms with van der Waals surface area (Å²) in [4.78, 5) is 13.7. The average molecular weight is 261 g/mol. The molecule has 2 rings (SSSR count). The van der Waals surface area contributed by atoms with Gasteiger partial charge >= 0.3 is 0 Å². The highest BCUT2D eigenvalue weighted by Gasteiger charge is 2.30. The Hall–Kier alpha value is -0.720. The molecule has 1 N–H and O–H groups in total. The van der Waals surface area contributed by atoms with E-state index in [1.807, 2.05) is 0 Å². The molecule has 0 saturated carbocycles. The summed E-state index contributed by atoms with van der Waals surface area (Å²) in [6.07, 6.45) is 1.93. The third-order valence-electron chi connectivity index (χ3n) is 2.77. The molecule has 1 fully saturated rings. The van der Waals surface area contributed by atoms with E-state index in [4.69, 9.17) is 11.6 Å². The summed E-state index contributed by atoms with van der Waals surface area (Å²) in [5, 5.41) is 6.65. The summed E-state index contributed by atoms with van der Waals surface area (Å²) in [7, 11) is 1.66. The van der Waals surface area contributed by atoms with E-state index in [1.54, 1.807) is 7.05 Å². The van der Waals surface area contributed by atoms with Crippen molar-refractivity contribution >= 4 is 29.0 Å². The van der Waals surface area contributed by atoms with Crippen molar-refractivity contribution in [2.75, 3.05) is 13.6 Å². The van der Waals surface area contributed by atoms with Crippen LogP contribution in [0.2, 0.25) is 4.34 Å². The normalized spacial score (nSPS) is 21.2. The molecule has 0 bridgehead atoms. The van der Waals surface area contributed by atoms with Crippen LogP contribution in [0.15, 0.2) is 0 Å². The highest BCUT2D eigenvalue weighted by atomic mass is 35.5. The van der Waals surface area contributed by atoms with Gasteiger partial charge in [-0.2, -0.15) is 0 Å². The second kappa shape index (κ2) is 5.07. The maximum Gasteiger partial charge on any atom is 0.237 e. The zero-order chi connectivity index (χ0) is 11.5. The number of likely N-dealkylation sites (N-methyl/N-ethyl adjacent to an activating group) is 1. The van der Waals surface area contributed by atoms with E-state index in [-0.39, 0.29) is 11.9 Å². The number of hydrogen-bond acceptors (Lipinski definition) is 5. The Bertz CT molecular complexity index is 383. The number of aromatic nitrogens is 2. The number of hydrogen-bond donors (Lipinski definition) is 1. The number of nitrogens with zero attached hydrogens (tertiary/aromatic N) is 3. The van der Waals surface area contributed by atoms with Crippen molar-refractivity contribution in [2.45, 2.75) is 25.4 Å². The van der Waals surface area contributed by atoms with Gasteiger partial charge in [0.25, 0.3) is 0 Å². The van der Waals surface area contributed by atoms with Crippen molar-refractivity contribution in [3.05, 3.63) is 10.0 Å². The first-order valence-corrected chi connectivity index (χ1v) is 6.30. The molecule has 1 saturated heterocycles. The van der Waals surface area contributed by atoms with Crippen LogP contribution in [0.4, 0.5) is 0 Å². The molecule has 16 heavy (non-hydrogen) atoms. The van der Waals surface area contributed by atoms with Gasteiger partial charge in [-0.05, 0) is 19.4 Å². The molecule has 0 radical (unpaired) electrons. The van der Waals surface area contributed by atoms with E-state index < -0.39 is 0 Å². The quantitative estimate of drug-likeness (QED) is 0.877. The molecule has 2 heterocycles. The molecule has 0 spiro atoms. The average Bonchev–Trinajstić information content (AvgIpc) is 2.88. The van der Waals surface area contributed by atoms with Crippen LogP contribution in [0.5, 0.6) is 0 Å². The lowest BCUT2D eigenvalue weighted by Crippen LogP contribution is -2.41. The predicted octanol–water partition coefficient (Wildman–Crippen LogP) is 0.902. The molecule has 88 valence electrons. The van der Waals surface area contributed by atoms with Crippen LogP contribution < -0.4 is 5.32 Å². The second-order valence-corrected chi connectivity index (χ2v) is 5.09. The van der Waals surface area contributed by atoms with Gasteiger partial charge in [-0.15, -0.1) is 5.10 Å². The molecule has 1 unspecified atom stereocenters. The van der Waals surface area contributed by atoms with Gasteiger partial charge < -0.3 is 5.32 Å². The first kappa shape index (κ1) is 11.8. The van der Waals surface area contributed by atoms with Crippen molar-refractivity contribution in [2.24, 2.45) is 0 Å². The summed E-state index contributed by atoms with van der Waals surface area (Å²) < 4.78 is 4.40. The smallest absolute Gasteiger partial charge is 0.237 e. The maximum absolute atomic E-state index is 11.6. The summed E-state index contributed by atoms with van der Waals surface area (Å²) in [6, 6.07) is -0.0530. The Balaban J connectivity index is 2.04. The Morgan fingerprint density at radius 3 is 3.19 bits per heavy atom. The van der Waals surface area contributed by atoms with Gasteiger partial charge in [0.15, 0.2) is 0 Å². The Labute approximate surface area is 103 Å². The van der Waals surface area contributed by atoms with E-state index in [9.17, 15) is 4.79 Å². The van der Waals surface area contributed by atoms with Gasteiger partial charge in [-0.3, -0.25) is 9.69 Å². The van der Waals surface area contributed by atoms with Crippen molar-refractivity contribution in [1.29, 1.82) is 0 Å². The largest absolute Gasteiger partial charge is 0.358 e. The maximum atomic E-state index is 11.6.